The third-order valence-corrected chi connectivity index (χ3v) is 4.02. The maximum Gasteiger partial charge on any atom is 0.240 e. The minimum Gasteiger partial charge on any atom is -0.507 e. The molecule has 0 unspecified atom stereocenters. The molecule has 0 aliphatic heterocycles. The first-order valence-corrected chi connectivity index (χ1v) is 8.57. The Kier molecular flexibility index (Phi) is 7.01. The van der Waals surface area contributed by atoms with Crippen molar-refractivity contribution in [1.82, 2.24) is 5.43 Å². The number of carbonyl (C=O) groups excluding carboxylic acids is 1. The van der Waals surface area contributed by atoms with Gasteiger partial charge in [0.1, 0.15) is 5.75 Å². The number of hydrazone groups is 1. The van der Waals surface area contributed by atoms with E-state index in [1.165, 1.54) is 6.21 Å². The lowest BCUT2D eigenvalue weighted by Crippen LogP contribution is -2.21. The summed E-state index contributed by atoms with van der Waals surface area (Å²) in [7, 11) is 0. The zero-order valence-electron chi connectivity index (χ0n) is 14.8. The number of nitrogens with zero attached hydrogens (tertiary/aromatic N) is 2. The Morgan fingerprint density at radius 1 is 1.16 bits per heavy atom. The van der Waals surface area contributed by atoms with Crippen LogP contribution in [0.4, 0.5) is 5.69 Å². The van der Waals surface area contributed by atoms with Gasteiger partial charge in [-0.2, -0.15) is 5.10 Å². The van der Waals surface area contributed by atoms with Crippen LogP contribution in [-0.4, -0.2) is 30.3 Å². The molecule has 0 aromatic heterocycles. The second kappa shape index (κ2) is 9.47. The fourth-order valence-corrected chi connectivity index (χ4v) is 2.56. The molecule has 2 rings (SSSR count). The Balaban J connectivity index is 1.87. The van der Waals surface area contributed by atoms with E-state index in [0.29, 0.717) is 18.4 Å². The maximum absolute atomic E-state index is 11.8. The summed E-state index contributed by atoms with van der Waals surface area (Å²) in [5, 5.41) is 14.0. The lowest BCUT2D eigenvalue weighted by atomic mass is 10.1. The van der Waals surface area contributed by atoms with Crippen LogP contribution < -0.4 is 10.3 Å². The number of anilines is 1. The van der Waals surface area contributed by atoms with Gasteiger partial charge in [0.15, 0.2) is 0 Å². The highest BCUT2D eigenvalue weighted by Gasteiger charge is 2.06. The monoisotopic (exact) mass is 339 g/mol. The number of phenolic OH excluding ortho intramolecular Hbond substituents is 1. The quantitative estimate of drug-likeness (QED) is 0.573. The molecule has 0 saturated carbocycles. The summed E-state index contributed by atoms with van der Waals surface area (Å²) in [4.78, 5) is 14.0. The van der Waals surface area contributed by atoms with Crippen molar-refractivity contribution >= 4 is 17.8 Å². The number of phenols is 1. The summed E-state index contributed by atoms with van der Waals surface area (Å²) >= 11 is 0. The third kappa shape index (κ3) is 5.64. The Bertz CT molecular complexity index is 710. The number of nitrogens with one attached hydrogen (secondary N) is 1. The van der Waals surface area contributed by atoms with Crippen LogP contribution in [0.15, 0.2) is 53.6 Å². The lowest BCUT2D eigenvalue weighted by molar-refractivity contribution is -0.121. The van der Waals surface area contributed by atoms with Gasteiger partial charge in [-0.05, 0) is 38.0 Å². The lowest BCUT2D eigenvalue weighted by Gasteiger charge is -2.21. The molecule has 0 aliphatic carbocycles. The summed E-state index contributed by atoms with van der Waals surface area (Å²) in [6.07, 6.45) is 2.50. The Morgan fingerprint density at radius 2 is 1.88 bits per heavy atom. The predicted octanol–water partition coefficient (Wildman–Crippen LogP) is 3.32. The fraction of sp³-hybridized carbons (Fsp3) is 0.300. The van der Waals surface area contributed by atoms with Gasteiger partial charge in [0.2, 0.25) is 5.91 Å². The molecular weight excluding hydrogens is 314 g/mol. The molecule has 0 bridgehead atoms. The van der Waals surface area contributed by atoms with Gasteiger partial charge < -0.3 is 10.0 Å². The van der Waals surface area contributed by atoms with Crippen molar-refractivity contribution in [2.24, 2.45) is 5.10 Å². The van der Waals surface area contributed by atoms with E-state index in [0.717, 1.165) is 24.3 Å². The average molecular weight is 339 g/mol. The number of hydrogen-bond donors (Lipinski definition) is 2. The van der Waals surface area contributed by atoms with Crippen molar-refractivity contribution in [1.29, 1.82) is 0 Å². The second-order valence-corrected chi connectivity index (χ2v) is 5.69. The summed E-state index contributed by atoms with van der Waals surface area (Å²) in [6, 6.07) is 15.3. The summed E-state index contributed by atoms with van der Waals surface area (Å²) in [6.45, 7) is 5.89. The Labute approximate surface area is 149 Å². The van der Waals surface area contributed by atoms with Gasteiger partial charge in [-0.3, -0.25) is 4.79 Å². The molecule has 0 heterocycles. The average Bonchev–Trinajstić information content (AvgIpc) is 2.63. The molecule has 2 aromatic rings. The summed E-state index contributed by atoms with van der Waals surface area (Å²) in [5.41, 5.74) is 5.15. The smallest absolute Gasteiger partial charge is 0.240 e. The van der Waals surface area contributed by atoms with Gasteiger partial charge in [-0.1, -0.05) is 30.3 Å². The molecule has 25 heavy (non-hydrogen) atoms. The van der Waals surface area contributed by atoms with E-state index in [2.05, 4.69) is 29.3 Å². The second-order valence-electron chi connectivity index (χ2n) is 5.69. The van der Waals surface area contributed by atoms with Crippen LogP contribution in [0.3, 0.4) is 0 Å². The molecule has 0 radical (unpaired) electrons. The molecular formula is C20H25N3O2. The van der Waals surface area contributed by atoms with Gasteiger partial charge in [0.05, 0.1) is 6.21 Å². The van der Waals surface area contributed by atoms with E-state index < -0.39 is 0 Å². The molecule has 1 amide bonds. The highest BCUT2D eigenvalue weighted by atomic mass is 16.3. The largest absolute Gasteiger partial charge is 0.507 e. The van der Waals surface area contributed by atoms with E-state index in [1.807, 2.05) is 36.4 Å². The van der Waals surface area contributed by atoms with Gasteiger partial charge >= 0.3 is 0 Å². The zero-order valence-corrected chi connectivity index (χ0v) is 14.8. The van der Waals surface area contributed by atoms with E-state index in [4.69, 9.17) is 0 Å². The SMILES string of the molecule is CCN(CC)c1ccc(C=NNC(=O)CCc2ccccc2)c(O)c1. The van der Waals surface area contributed by atoms with E-state index in [9.17, 15) is 9.90 Å². The molecule has 0 atom stereocenters. The number of hydrogen-bond acceptors (Lipinski definition) is 4. The van der Waals surface area contributed by atoms with Crippen LogP contribution in [0.25, 0.3) is 0 Å². The molecule has 0 saturated heterocycles. The van der Waals surface area contributed by atoms with E-state index in [1.54, 1.807) is 12.1 Å². The first-order valence-electron chi connectivity index (χ1n) is 8.57. The van der Waals surface area contributed by atoms with Gasteiger partial charge in [0.25, 0.3) is 0 Å². The summed E-state index contributed by atoms with van der Waals surface area (Å²) < 4.78 is 0. The van der Waals surface area contributed by atoms with Crippen LogP contribution >= 0.6 is 0 Å². The zero-order chi connectivity index (χ0) is 18.1. The van der Waals surface area contributed by atoms with Crippen molar-refractivity contribution in [2.75, 3.05) is 18.0 Å². The van der Waals surface area contributed by atoms with Gasteiger partial charge in [-0.15, -0.1) is 0 Å². The molecule has 0 spiro atoms. The maximum atomic E-state index is 11.8. The minimum absolute atomic E-state index is 0.145. The molecule has 2 N–H and O–H groups in total. The standard InChI is InChI=1S/C20H25N3O2/c1-3-23(4-2)18-12-11-17(19(24)14-18)15-21-22-20(25)13-10-16-8-6-5-7-9-16/h5-9,11-12,14-15,24H,3-4,10,13H2,1-2H3,(H,22,25). The van der Waals surface area contributed by atoms with Crippen molar-refractivity contribution in [3.63, 3.8) is 0 Å². The number of benzene rings is 2. The van der Waals surface area contributed by atoms with Crippen LogP contribution in [0, 0.1) is 0 Å². The van der Waals surface area contributed by atoms with Crippen molar-refractivity contribution < 1.29 is 9.90 Å². The summed E-state index contributed by atoms with van der Waals surface area (Å²) in [5.74, 6) is -0.00830. The number of carbonyl (C=O) groups is 1. The number of aromatic hydroxyl groups is 1. The number of rotatable bonds is 8. The van der Waals surface area contributed by atoms with Crippen LogP contribution in [0.1, 0.15) is 31.4 Å². The normalized spacial score (nSPS) is 10.8. The molecule has 2 aromatic carbocycles. The molecule has 132 valence electrons. The van der Waals surface area contributed by atoms with Crippen LogP contribution in [-0.2, 0) is 11.2 Å². The van der Waals surface area contributed by atoms with Gasteiger partial charge in [-0.25, -0.2) is 5.43 Å². The fourth-order valence-electron chi connectivity index (χ4n) is 2.56. The van der Waals surface area contributed by atoms with Crippen LogP contribution in [0.5, 0.6) is 5.75 Å². The van der Waals surface area contributed by atoms with Crippen LogP contribution in [0.2, 0.25) is 0 Å². The van der Waals surface area contributed by atoms with Crippen molar-refractivity contribution in [3.8, 4) is 5.75 Å². The predicted molar refractivity (Wildman–Crippen MR) is 102 cm³/mol. The minimum atomic E-state index is -0.153. The van der Waals surface area contributed by atoms with Crippen molar-refractivity contribution in [2.45, 2.75) is 26.7 Å². The molecule has 0 fully saturated rings. The van der Waals surface area contributed by atoms with E-state index >= 15 is 0 Å². The van der Waals surface area contributed by atoms with Gasteiger partial charge in [0, 0.05) is 36.8 Å². The number of amides is 1. The first kappa shape index (κ1) is 18.5. The highest BCUT2D eigenvalue weighted by Crippen LogP contribution is 2.23. The van der Waals surface area contributed by atoms with E-state index in [-0.39, 0.29) is 11.7 Å². The topological polar surface area (TPSA) is 64.9 Å². The highest BCUT2D eigenvalue weighted by molar-refractivity contribution is 5.86. The molecule has 5 nitrogen and oxygen atoms in total. The molecule has 5 heteroatoms. The first-order chi connectivity index (χ1) is 12.1. The third-order valence-electron chi connectivity index (χ3n) is 4.02. The van der Waals surface area contributed by atoms with Crippen molar-refractivity contribution in [3.05, 3.63) is 59.7 Å². The number of aryl methyl sites for hydroxylation is 1. The molecule has 0 aliphatic rings. The Morgan fingerprint density at radius 3 is 2.52 bits per heavy atom. The Hall–Kier alpha value is -2.82.